The number of hydrogen-bond acceptors (Lipinski definition) is 3. The van der Waals surface area contributed by atoms with Gasteiger partial charge < -0.3 is 5.32 Å². The van der Waals surface area contributed by atoms with Gasteiger partial charge >= 0.3 is 6.18 Å². The summed E-state index contributed by atoms with van der Waals surface area (Å²) >= 11 is 0. The van der Waals surface area contributed by atoms with Gasteiger partial charge in [0.2, 0.25) is 10.0 Å². The normalized spacial score (nSPS) is 19.9. The van der Waals surface area contributed by atoms with E-state index in [4.69, 9.17) is 0 Å². The molecule has 1 aliphatic rings. The van der Waals surface area contributed by atoms with Crippen LogP contribution in [-0.4, -0.2) is 33.7 Å². The van der Waals surface area contributed by atoms with E-state index in [2.05, 4.69) is 10.0 Å². The van der Waals surface area contributed by atoms with Crippen molar-refractivity contribution in [3.8, 4) is 0 Å². The van der Waals surface area contributed by atoms with Gasteiger partial charge in [-0.2, -0.15) is 13.2 Å². The largest absolute Gasteiger partial charge is 0.393 e. The zero-order chi connectivity index (χ0) is 15.5. The molecular formula is C13H17F3N2O2S. The summed E-state index contributed by atoms with van der Waals surface area (Å²) in [5, 5.41) is 3.16. The number of alkyl halides is 3. The van der Waals surface area contributed by atoms with Gasteiger partial charge in [-0.05, 0) is 37.1 Å². The number of sulfonamides is 1. The molecule has 0 radical (unpaired) electrons. The van der Waals surface area contributed by atoms with Crippen molar-refractivity contribution in [3.05, 3.63) is 29.8 Å². The number of halogens is 3. The molecule has 0 spiro atoms. The first-order valence-corrected chi connectivity index (χ1v) is 8.13. The second kappa shape index (κ2) is 6.33. The van der Waals surface area contributed by atoms with Crippen LogP contribution in [-0.2, 0) is 16.4 Å². The van der Waals surface area contributed by atoms with Crippen molar-refractivity contribution in [2.75, 3.05) is 13.1 Å². The molecular weight excluding hydrogens is 305 g/mol. The second-order valence-electron chi connectivity index (χ2n) is 5.08. The van der Waals surface area contributed by atoms with Crippen LogP contribution in [0.3, 0.4) is 0 Å². The van der Waals surface area contributed by atoms with E-state index in [0.717, 1.165) is 19.4 Å². The Morgan fingerprint density at radius 2 is 1.90 bits per heavy atom. The van der Waals surface area contributed by atoms with Gasteiger partial charge in [-0.1, -0.05) is 12.1 Å². The summed E-state index contributed by atoms with van der Waals surface area (Å²) in [4.78, 5) is -0.0218. The molecule has 0 aliphatic carbocycles. The molecule has 0 bridgehead atoms. The van der Waals surface area contributed by atoms with Crippen molar-refractivity contribution in [2.45, 2.75) is 36.4 Å². The van der Waals surface area contributed by atoms with Gasteiger partial charge in [-0.3, -0.25) is 0 Å². The van der Waals surface area contributed by atoms with Gasteiger partial charge in [-0.25, -0.2) is 13.1 Å². The van der Waals surface area contributed by atoms with Crippen LogP contribution >= 0.6 is 0 Å². The Bertz CT molecular complexity index is 564. The van der Waals surface area contributed by atoms with Crippen molar-refractivity contribution < 1.29 is 21.6 Å². The van der Waals surface area contributed by atoms with Crippen LogP contribution in [0.5, 0.6) is 0 Å². The Morgan fingerprint density at radius 1 is 1.24 bits per heavy atom. The minimum Gasteiger partial charge on any atom is -0.313 e. The highest BCUT2D eigenvalue weighted by molar-refractivity contribution is 7.89. The van der Waals surface area contributed by atoms with Crippen molar-refractivity contribution in [3.63, 3.8) is 0 Å². The van der Waals surface area contributed by atoms with Crippen LogP contribution in [0.15, 0.2) is 29.2 Å². The highest BCUT2D eigenvalue weighted by atomic mass is 32.2. The van der Waals surface area contributed by atoms with Crippen molar-refractivity contribution in [1.82, 2.24) is 10.0 Å². The molecule has 8 heteroatoms. The summed E-state index contributed by atoms with van der Waals surface area (Å²) in [6.45, 7) is 1.16. The lowest BCUT2D eigenvalue weighted by Crippen LogP contribution is -2.37. The Labute approximate surface area is 121 Å². The third kappa shape index (κ3) is 4.98. The van der Waals surface area contributed by atoms with E-state index in [0.29, 0.717) is 0 Å². The molecule has 2 N–H and O–H groups in total. The average molecular weight is 322 g/mol. The van der Waals surface area contributed by atoms with E-state index in [1.807, 2.05) is 0 Å². The first kappa shape index (κ1) is 16.3. The fraction of sp³-hybridized carbons (Fsp3) is 0.538. The minimum absolute atomic E-state index is 0.0218. The van der Waals surface area contributed by atoms with Crippen molar-refractivity contribution in [2.24, 2.45) is 0 Å². The summed E-state index contributed by atoms with van der Waals surface area (Å²) in [6, 6.07) is 4.90. The molecule has 1 aliphatic heterocycles. The topological polar surface area (TPSA) is 58.2 Å². The fourth-order valence-corrected chi connectivity index (χ4v) is 3.32. The van der Waals surface area contributed by atoms with Crippen LogP contribution in [0.25, 0.3) is 0 Å². The average Bonchev–Trinajstić information content (AvgIpc) is 2.88. The first-order chi connectivity index (χ1) is 9.76. The fourth-order valence-electron chi connectivity index (χ4n) is 2.24. The second-order valence-corrected chi connectivity index (χ2v) is 6.85. The third-order valence-electron chi connectivity index (χ3n) is 3.32. The maximum atomic E-state index is 12.2. The molecule has 21 heavy (non-hydrogen) atoms. The minimum atomic E-state index is -4.30. The molecule has 1 atom stereocenters. The Hall–Kier alpha value is -1.12. The maximum absolute atomic E-state index is 12.2. The Kier molecular flexibility index (Phi) is 4.90. The summed E-state index contributed by atoms with van der Waals surface area (Å²) in [7, 11) is -3.68. The quantitative estimate of drug-likeness (QED) is 0.869. The van der Waals surface area contributed by atoms with E-state index in [1.54, 1.807) is 0 Å². The van der Waals surface area contributed by atoms with E-state index in [1.165, 1.54) is 24.3 Å². The van der Waals surface area contributed by atoms with Crippen LogP contribution in [0.4, 0.5) is 13.2 Å². The Morgan fingerprint density at radius 3 is 2.43 bits per heavy atom. The maximum Gasteiger partial charge on any atom is 0.393 e. The Balaban J connectivity index is 1.99. The standard InChI is InChI=1S/C13H17F3N2O2S/c14-13(15,16)8-10-3-5-12(6-4-10)21(19,20)18-9-11-2-1-7-17-11/h3-6,11,17-18H,1-2,7-9H2. The van der Waals surface area contributed by atoms with Crippen LogP contribution < -0.4 is 10.0 Å². The molecule has 1 saturated heterocycles. The summed E-state index contributed by atoms with van der Waals surface area (Å²) in [6.07, 6.45) is -3.44. The van der Waals surface area contributed by atoms with Crippen LogP contribution in [0.2, 0.25) is 0 Å². The van der Waals surface area contributed by atoms with Gasteiger partial charge in [0.25, 0.3) is 0 Å². The first-order valence-electron chi connectivity index (χ1n) is 6.65. The lowest BCUT2D eigenvalue weighted by molar-refractivity contribution is -0.127. The van der Waals surface area contributed by atoms with Gasteiger partial charge in [-0.15, -0.1) is 0 Å². The summed E-state index contributed by atoms with van der Waals surface area (Å²) < 4.78 is 63.2. The number of nitrogens with one attached hydrogen (secondary N) is 2. The summed E-state index contributed by atoms with van der Waals surface area (Å²) in [5.41, 5.74) is 0.0407. The van der Waals surface area contributed by atoms with E-state index < -0.39 is 22.6 Å². The molecule has 1 heterocycles. The van der Waals surface area contributed by atoms with Crippen LogP contribution in [0.1, 0.15) is 18.4 Å². The molecule has 0 saturated carbocycles. The molecule has 118 valence electrons. The molecule has 4 nitrogen and oxygen atoms in total. The lowest BCUT2D eigenvalue weighted by atomic mass is 10.1. The zero-order valence-corrected chi connectivity index (χ0v) is 12.1. The van der Waals surface area contributed by atoms with Gasteiger partial charge in [0, 0.05) is 12.6 Å². The smallest absolute Gasteiger partial charge is 0.313 e. The monoisotopic (exact) mass is 322 g/mol. The highest BCUT2D eigenvalue weighted by Crippen LogP contribution is 2.22. The van der Waals surface area contributed by atoms with E-state index in [-0.39, 0.29) is 23.0 Å². The zero-order valence-electron chi connectivity index (χ0n) is 11.3. The molecule has 1 aromatic rings. The van der Waals surface area contributed by atoms with Crippen molar-refractivity contribution >= 4 is 10.0 Å². The lowest BCUT2D eigenvalue weighted by Gasteiger charge is -2.12. The molecule has 0 amide bonds. The van der Waals surface area contributed by atoms with Gasteiger partial charge in [0.15, 0.2) is 0 Å². The molecule has 2 rings (SSSR count). The highest BCUT2D eigenvalue weighted by Gasteiger charge is 2.27. The predicted molar refractivity (Wildman–Crippen MR) is 72.4 cm³/mol. The molecule has 1 unspecified atom stereocenters. The van der Waals surface area contributed by atoms with E-state index in [9.17, 15) is 21.6 Å². The van der Waals surface area contributed by atoms with Crippen LogP contribution in [0, 0.1) is 0 Å². The van der Waals surface area contributed by atoms with Gasteiger partial charge in [0.05, 0.1) is 11.3 Å². The molecule has 0 aromatic heterocycles. The molecule has 1 aromatic carbocycles. The predicted octanol–water partition coefficient (Wildman–Crippen LogP) is 1.82. The number of hydrogen-bond donors (Lipinski definition) is 2. The third-order valence-corrected chi connectivity index (χ3v) is 4.76. The van der Waals surface area contributed by atoms with Gasteiger partial charge in [0.1, 0.15) is 0 Å². The SMILES string of the molecule is O=S(=O)(NCC1CCCN1)c1ccc(CC(F)(F)F)cc1. The number of rotatable bonds is 5. The number of benzene rings is 1. The van der Waals surface area contributed by atoms with Crippen molar-refractivity contribution in [1.29, 1.82) is 0 Å². The molecule has 1 fully saturated rings. The van der Waals surface area contributed by atoms with E-state index >= 15 is 0 Å². The summed E-state index contributed by atoms with van der Waals surface area (Å²) in [5.74, 6) is 0.